The third-order valence-electron chi connectivity index (χ3n) is 3.78. The molecule has 144 valence electrons. The van der Waals surface area contributed by atoms with E-state index in [9.17, 15) is 9.59 Å². The predicted molar refractivity (Wildman–Crippen MR) is 96.8 cm³/mol. The van der Waals surface area contributed by atoms with Crippen molar-refractivity contribution < 1.29 is 23.8 Å². The lowest BCUT2D eigenvalue weighted by Crippen LogP contribution is -2.50. The van der Waals surface area contributed by atoms with Gasteiger partial charge in [0.15, 0.2) is 0 Å². The van der Waals surface area contributed by atoms with E-state index in [1.807, 2.05) is 51.1 Å². The van der Waals surface area contributed by atoms with E-state index >= 15 is 0 Å². The number of likely N-dealkylation sites (N-methyl/N-ethyl adjacent to an activating group) is 1. The topological polar surface area (TPSA) is 68.3 Å². The fraction of sp³-hybridized carbons (Fsp3) is 0.579. The van der Waals surface area contributed by atoms with Crippen LogP contribution in [0.25, 0.3) is 0 Å². The fourth-order valence-corrected chi connectivity index (χ4v) is 2.53. The van der Waals surface area contributed by atoms with E-state index in [1.165, 1.54) is 4.90 Å². The molecule has 0 radical (unpaired) electrons. The van der Waals surface area contributed by atoms with Gasteiger partial charge < -0.3 is 24.0 Å². The third kappa shape index (κ3) is 6.55. The van der Waals surface area contributed by atoms with Crippen LogP contribution in [0, 0.1) is 0 Å². The summed E-state index contributed by atoms with van der Waals surface area (Å²) in [7, 11) is 1.66. The van der Waals surface area contributed by atoms with Crippen molar-refractivity contribution in [1.29, 1.82) is 0 Å². The van der Waals surface area contributed by atoms with Gasteiger partial charge in [-0.1, -0.05) is 30.3 Å². The first-order valence-corrected chi connectivity index (χ1v) is 8.76. The molecule has 1 aromatic carbocycles. The average Bonchev–Trinajstić information content (AvgIpc) is 2.59. The molecule has 1 aromatic rings. The van der Waals surface area contributed by atoms with Crippen LogP contribution in [0.15, 0.2) is 30.3 Å². The van der Waals surface area contributed by atoms with Crippen molar-refractivity contribution >= 4 is 12.2 Å². The van der Waals surface area contributed by atoms with Crippen LogP contribution in [0.3, 0.4) is 0 Å². The molecule has 1 atom stereocenters. The summed E-state index contributed by atoms with van der Waals surface area (Å²) in [5, 5.41) is 0. The molecular formula is C19H28N2O5. The zero-order valence-electron chi connectivity index (χ0n) is 15.9. The quantitative estimate of drug-likeness (QED) is 0.822. The second kappa shape index (κ2) is 8.89. The highest BCUT2D eigenvalue weighted by Crippen LogP contribution is 2.13. The van der Waals surface area contributed by atoms with Gasteiger partial charge in [0.25, 0.3) is 0 Å². The normalized spacial score (nSPS) is 17.5. The van der Waals surface area contributed by atoms with Gasteiger partial charge in [-0.2, -0.15) is 0 Å². The Morgan fingerprint density at radius 3 is 2.62 bits per heavy atom. The van der Waals surface area contributed by atoms with Gasteiger partial charge >= 0.3 is 12.2 Å². The molecule has 0 saturated carbocycles. The number of carbonyl (C=O) groups excluding carboxylic acids is 2. The van der Waals surface area contributed by atoms with E-state index < -0.39 is 11.7 Å². The predicted octanol–water partition coefficient (Wildman–Crippen LogP) is 2.89. The molecule has 26 heavy (non-hydrogen) atoms. The number of rotatable bonds is 4. The molecule has 1 aliphatic rings. The monoisotopic (exact) mass is 364 g/mol. The smallest absolute Gasteiger partial charge is 0.410 e. The molecule has 7 nitrogen and oxygen atoms in total. The van der Waals surface area contributed by atoms with E-state index in [2.05, 4.69) is 0 Å². The number of ether oxygens (including phenoxy) is 3. The standard InChI is InChI=1S/C19H28N2O5/c1-19(2,3)26-17(22)20(4)12-16-13-21(10-11-24-16)18(23)25-14-15-8-6-5-7-9-15/h5-9,16H,10-14H2,1-4H3. The summed E-state index contributed by atoms with van der Waals surface area (Å²) in [5.41, 5.74) is 0.391. The fourth-order valence-electron chi connectivity index (χ4n) is 2.53. The first-order chi connectivity index (χ1) is 12.2. The molecule has 0 N–H and O–H groups in total. The first kappa shape index (κ1) is 20.0. The summed E-state index contributed by atoms with van der Waals surface area (Å²) in [5.74, 6) is 0. The van der Waals surface area contributed by atoms with E-state index in [-0.39, 0.29) is 18.8 Å². The molecule has 1 saturated heterocycles. The van der Waals surface area contributed by atoms with Crippen LogP contribution in [0.1, 0.15) is 26.3 Å². The summed E-state index contributed by atoms with van der Waals surface area (Å²) in [6.07, 6.45) is -1.06. The zero-order valence-corrected chi connectivity index (χ0v) is 15.9. The van der Waals surface area contributed by atoms with Crippen LogP contribution < -0.4 is 0 Å². The minimum atomic E-state index is -0.550. The van der Waals surface area contributed by atoms with Gasteiger partial charge in [-0.05, 0) is 26.3 Å². The molecule has 0 aromatic heterocycles. The van der Waals surface area contributed by atoms with Gasteiger partial charge in [-0.25, -0.2) is 9.59 Å². The Kier molecular flexibility index (Phi) is 6.85. The lowest BCUT2D eigenvalue weighted by molar-refractivity contribution is -0.0427. The van der Waals surface area contributed by atoms with Gasteiger partial charge in [-0.3, -0.25) is 0 Å². The maximum atomic E-state index is 12.3. The van der Waals surface area contributed by atoms with Gasteiger partial charge in [0.1, 0.15) is 12.2 Å². The van der Waals surface area contributed by atoms with Crippen molar-refractivity contribution in [1.82, 2.24) is 9.80 Å². The maximum absolute atomic E-state index is 12.3. The van der Waals surface area contributed by atoms with Crippen molar-refractivity contribution in [3.05, 3.63) is 35.9 Å². The van der Waals surface area contributed by atoms with E-state index in [1.54, 1.807) is 11.9 Å². The second-order valence-corrected chi connectivity index (χ2v) is 7.34. The number of nitrogens with zero attached hydrogens (tertiary/aromatic N) is 2. The molecule has 1 fully saturated rings. The zero-order chi connectivity index (χ0) is 19.2. The van der Waals surface area contributed by atoms with Crippen LogP contribution in [0.2, 0.25) is 0 Å². The molecule has 2 amide bonds. The average molecular weight is 364 g/mol. The second-order valence-electron chi connectivity index (χ2n) is 7.34. The first-order valence-electron chi connectivity index (χ1n) is 8.76. The van der Waals surface area contributed by atoms with Crippen molar-refractivity contribution in [2.75, 3.05) is 33.3 Å². The molecule has 1 aliphatic heterocycles. The molecule has 7 heteroatoms. The lowest BCUT2D eigenvalue weighted by atomic mass is 10.2. The Labute approximate surface area is 154 Å². The van der Waals surface area contributed by atoms with Crippen LogP contribution in [-0.2, 0) is 20.8 Å². The summed E-state index contributed by atoms with van der Waals surface area (Å²) < 4.78 is 16.4. The summed E-state index contributed by atoms with van der Waals surface area (Å²) >= 11 is 0. The Morgan fingerprint density at radius 2 is 1.96 bits per heavy atom. The van der Waals surface area contributed by atoms with E-state index in [0.717, 1.165) is 5.56 Å². The van der Waals surface area contributed by atoms with Crippen LogP contribution in [0.5, 0.6) is 0 Å². The van der Waals surface area contributed by atoms with Crippen LogP contribution in [-0.4, -0.2) is 67.0 Å². The highest BCUT2D eigenvalue weighted by molar-refractivity contribution is 5.68. The SMILES string of the molecule is CN(CC1CN(C(=O)OCc2ccccc2)CCO1)C(=O)OC(C)(C)C. The Bertz CT molecular complexity index is 600. The molecule has 2 rings (SSSR count). The lowest BCUT2D eigenvalue weighted by Gasteiger charge is -2.34. The number of amides is 2. The summed E-state index contributed by atoms with van der Waals surface area (Å²) in [6.45, 7) is 7.30. The summed E-state index contributed by atoms with van der Waals surface area (Å²) in [4.78, 5) is 27.4. The van der Waals surface area contributed by atoms with Crippen molar-refractivity contribution in [2.24, 2.45) is 0 Å². The van der Waals surface area contributed by atoms with Crippen LogP contribution in [0.4, 0.5) is 9.59 Å². The highest BCUT2D eigenvalue weighted by Gasteiger charge is 2.28. The minimum Gasteiger partial charge on any atom is -0.445 e. The number of benzene rings is 1. The number of carbonyl (C=O) groups is 2. The molecular weight excluding hydrogens is 336 g/mol. The van der Waals surface area contributed by atoms with Gasteiger partial charge in [0.2, 0.25) is 0 Å². The van der Waals surface area contributed by atoms with Crippen LogP contribution >= 0.6 is 0 Å². The summed E-state index contributed by atoms with van der Waals surface area (Å²) in [6, 6.07) is 9.54. The number of hydrogen-bond donors (Lipinski definition) is 0. The molecule has 1 unspecified atom stereocenters. The maximum Gasteiger partial charge on any atom is 0.410 e. The van der Waals surface area contributed by atoms with Crippen molar-refractivity contribution in [3.63, 3.8) is 0 Å². The minimum absolute atomic E-state index is 0.236. The van der Waals surface area contributed by atoms with Gasteiger partial charge in [-0.15, -0.1) is 0 Å². The van der Waals surface area contributed by atoms with Gasteiger partial charge in [0.05, 0.1) is 25.8 Å². The Hall–Kier alpha value is -2.28. The van der Waals surface area contributed by atoms with Crippen molar-refractivity contribution in [2.45, 2.75) is 39.1 Å². The van der Waals surface area contributed by atoms with E-state index in [0.29, 0.717) is 26.2 Å². The number of hydrogen-bond acceptors (Lipinski definition) is 5. The van der Waals surface area contributed by atoms with Gasteiger partial charge in [0, 0.05) is 13.6 Å². The van der Waals surface area contributed by atoms with E-state index in [4.69, 9.17) is 14.2 Å². The third-order valence-corrected chi connectivity index (χ3v) is 3.78. The largest absolute Gasteiger partial charge is 0.445 e. The highest BCUT2D eigenvalue weighted by atomic mass is 16.6. The Balaban J connectivity index is 1.80. The molecule has 0 aliphatic carbocycles. The molecule has 0 bridgehead atoms. The van der Waals surface area contributed by atoms with Crippen molar-refractivity contribution in [3.8, 4) is 0 Å². The molecule has 0 spiro atoms. The Morgan fingerprint density at radius 1 is 1.27 bits per heavy atom. The number of morpholine rings is 1. The molecule has 1 heterocycles.